The van der Waals surface area contributed by atoms with Crippen LogP contribution < -0.4 is 10.1 Å². The van der Waals surface area contributed by atoms with E-state index in [2.05, 4.69) is 29.1 Å². The molecule has 1 aliphatic rings. The van der Waals surface area contributed by atoms with Gasteiger partial charge in [0, 0.05) is 32.7 Å². The van der Waals surface area contributed by atoms with Gasteiger partial charge < -0.3 is 20.1 Å². The summed E-state index contributed by atoms with van der Waals surface area (Å²) < 4.78 is 5.11. The molecule has 0 saturated carbocycles. The number of nitrogens with one attached hydrogen (secondary N) is 1. The van der Waals surface area contributed by atoms with Crippen LogP contribution >= 0.6 is 24.0 Å². The number of phenols is 1. The summed E-state index contributed by atoms with van der Waals surface area (Å²) >= 11 is 0. The molecule has 1 heterocycles. The first-order chi connectivity index (χ1) is 11.0. The number of nitrogens with zero attached hydrogens (tertiary/aromatic N) is 2. The molecule has 1 aliphatic heterocycles. The zero-order chi connectivity index (χ0) is 16.8. The summed E-state index contributed by atoms with van der Waals surface area (Å²) in [5.41, 5.74) is 0.911. The Bertz CT molecular complexity index is 541. The number of ether oxygens (including phenoxy) is 1. The van der Waals surface area contributed by atoms with Crippen LogP contribution in [-0.2, 0) is 6.42 Å². The third-order valence-corrected chi connectivity index (χ3v) is 4.35. The summed E-state index contributed by atoms with van der Waals surface area (Å²) in [4.78, 5) is 6.75. The molecule has 1 aromatic rings. The number of likely N-dealkylation sites (tertiary alicyclic amines) is 1. The standard InChI is InChI=1S/C18H29N3O2.HI/c1-13-9-14(2)12-21(11-13)18(19-3)20-8-7-15-5-6-16(23-4)10-17(15)22;/h5-6,10,13-14,22H,7-9,11-12H2,1-4H3,(H,19,20);1H. The highest BCUT2D eigenvalue weighted by Gasteiger charge is 2.23. The van der Waals surface area contributed by atoms with Gasteiger partial charge >= 0.3 is 0 Å². The maximum atomic E-state index is 10.0. The Kier molecular flexibility index (Phi) is 8.66. The van der Waals surface area contributed by atoms with Crippen LogP contribution in [0.25, 0.3) is 0 Å². The van der Waals surface area contributed by atoms with E-state index in [9.17, 15) is 5.11 Å². The van der Waals surface area contributed by atoms with Crippen molar-refractivity contribution < 1.29 is 9.84 Å². The third-order valence-electron chi connectivity index (χ3n) is 4.35. The molecule has 0 radical (unpaired) electrons. The summed E-state index contributed by atoms with van der Waals surface area (Å²) in [7, 11) is 3.43. The fourth-order valence-corrected chi connectivity index (χ4v) is 3.36. The second-order valence-electron chi connectivity index (χ2n) is 6.57. The lowest BCUT2D eigenvalue weighted by atomic mass is 9.92. The molecule has 0 aliphatic carbocycles. The molecule has 24 heavy (non-hydrogen) atoms. The topological polar surface area (TPSA) is 57.1 Å². The predicted molar refractivity (Wildman–Crippen MR) is 110 cm³/mol. The minimum absolute atomic E-state index is 0. The summed E-state index contributed by atoms with van der Waals surface area (Å²) in [5, 5.41) is 13.4. The van der Waals surface area contributed by atoms with Crippen molar-refractivity contribution in [2.24, 2.45) is 16.8 Å². The van der Waals surface area contributed by atoms with Crippen molar-refractivity contribution in [1.82, 2.24) is 10.2 Å². The largest absolute Gasteiger partial charge is 0.508 e. The molecular weight excluding hydrogens is 417 g/mol. The molecule has 0 amide bonds. The zero-order valence-electron chi connectivity index (χ0n) is 15.1. The highest BCUT2D eigenvalue weighted by molar-refractivity contribution is 14.0. The van der Waals surface area contributed by atoms with Gasteiger partial charge in [-0.1, -0.05) is 19.9 Å². The van der Waals surface area contributed by atoms with Gasteiger partial charge in [0.2, 0.25) is 0 Å². The van der Waals surface area contributed by atoms with Gasteiger partial charge in [-0.15, -0.1) is 24.0 Å². The van der Waals surface area contributed by atoms with Crippen molar-refractivity contribution in [3.8, 4) is 11.5 Å². The van der Waals surface area contributed by atoms with Crippen molar-refractivity contribution in [1.29, 1.82) is 0 Å². The van der Waals surface area contributed by atoms with Crippen LogP contribution in [0.2, 0.25) is 0 Å². The third kappa shape index (κ3) is 5.72. The van der Waals surface area contributed by atoms with Crippen LogP contribution in [0, 0.1) is 11.8 Å². The van der Waals surface area contributed by atoms with Gasteiger partial charge in [0.25, 0.3) is 0 Å². The molecule has 6 heteroatoms. The van der Waals surface area contributed by atoms with E-state index in [0.29, 0.717) is 17.6 Å². The van der Waals surface area contributed by atoms with Crippen LogP contribution in [0.5, 0.6) is 11.5 Å². The van der Waals surface area contributed by atoms with E-state index in [1.54, 1.807) is 13.2 Å². The predicted octanol–water partition coefficient (Wildman–Crippen LogP) is 3.11. The number of hydrogen-bond donors (Lipinski definition) is 2. The van der Waals surface area contributed by atoms with E-state index in [-0.39, 0.29) is 29.7 Å². The lowest BCUT2D eigenvalue weighted by molar-refractivity contribution is 0.208. The summed E-state index contributed by atoms with van der Waals surface area (Å²) in [6.07, 6.45) is 2.03. The molecule has 2 rings (SSSR count). The Morgan fingerprint density at radius 3 is 2.54 bits per heavy atom. The first-order valence-corrected chi connectivity index (χ1v) is 8.35. The number of phenolic OH excluding ortho intramolecular Hbond substituents is 1. The molecule has 0 spiro atoms. The van der Waals surface area contributed by atoms with Crippen LogP contribution in [0.4, 0.5) is 0 Å². The van der Waals surface area contributed by atoms with Crippen molar-refractivity contribution in [2.75, 3.05) is 33.8 Å². The summed E-state index contributed by atoms with van der Waals surface area (Å²) in [6.45, 7) is 7.44. The Morgan fingerprint density at radius 1 is 1.33 bits per heavy atom. The average Bonchev–Trinajstić information content (AvgIpc) is 2.51. The monoisotopic (exact) mass is 447 g/mol. The number of hydrogen-bond acceptors (Lipinski definition) is 3. The maximum Gasteiger partial charge on any atom is 0.193 e. The first kappa shape index (κ1) is 20.9. The molecule has 2 N–H and O–H groups in total. The van der Waals surface area contributed by atoms with Gasteiger partial charge in [0.05, 0.1) is 7.11 Å². The highest BCUT2D eigenvalue weighted by Crippen LogP contribution is 2.24. The second-order valence-corrected chi connectivity index (χ2v) is 6.57. The molecule has 1 saturated heterocycles. The summed E-state index contributed by atoms with van der Waals surface area (Å²) in [5.74, 6) is 3.30. The second kappa shape index (κ2) is 9.96. The number of aromatic hydroxyl groups is 1. The smallest absolute Gasteiger partial charge is 0.193 e. The molecule has 5 nitrogen and oxygen atoms in total. The quantitative estimate of drug-likeness (QED) is 0.423. The number of rotatable bonds is 4. The van der Waals surface area contributed by atoms with Crippen molar-refractivity contribution in [3.63, 3.8) is 0 Å². The van der Waals surface area contributed by atoms with Gasteiger partial charge in [-0.25, -0.2) is 0 Å². The number of halogens is 1. The van der Waals surface area contributed by atoms with E-state index in [0.717, 1.165) is 37.6 Å². The lowest BCUT2D eigenvalue weighted by Gasteiger charge is -2.37. The van der Waals surface area contributed by atoms with Crippen LogP contribution in [0.15, 0.2) is 23.2 Å². The number of benzene rings is 1. The van der Waals surface area contributed by atoms with E-state index in [1.807, 2.05) is 19.2 Å². The van der Waals surface area contributed by atoms with E-state index < -0.39 is 0 Å². The SMILES string of the molecule is CN=C(NCCc1ccc(OC)cc1O)N1CC(C)CC(C)C1.I. The van der Waals surface area contributed by atoms with Gasteiger partial charge in [0.1, 0.15) is 11.5 Å². The minimum atomic E-state index is 0. The van der Waals surface area contributed by atoms with Gasteiger partial charge in [0.15, 0.2) is 5.96 Å². The normalized spacial score (nSPS) is 21.2. The number of aliphatic imine (C=N–C) groups is 1. The van der Waals surface area contributed by atoms with Crippen LogP contribution in [0.1, 0.15) is 25.8 Å². The van der Waals surface area contributed by atoms with Crippen LogP contribution in [-0.4, -0.2) is 49.8 Å². The van der Waals surface area contributed by atoms with Crippen molar-refractivity contribution >= 4 is 29.9 Å². The molecule has 1 fully saturated rings. The van der Waals surface area contributed by atoms with Gasteiger partial charge in [-0.3, -0.25) is 4.99 Å². The minimum Gasteiger partial charge on any atom is -0.508 e. The van der Waals surface area contributed by atoms with Gasteiger partial charge in [-0.2, -0.15) is 0 Å². The Morgan fingerprint density at radius 2 is 2.00 bits per heavy atom. The maximum absolute atomic E-state index is 10.0. The molecule has 0 bridgehead atoms. The fourth-order valence-electron chi connectivity index (χ4n) is 3.36. The van der Waals surface area contributed by atoms with E-state index >= 15 is 0 Å². The molecule has 0 aromatic heterocycles. The molecule has 2 atom stereocenters. The number of guanidine groups is 1. The Balaban J connectivity index is 0.00000288. The number of piperidine rings is 1. The molecule has 2 unspecified atom stereocenters. The van der Waals surface area contributed by atoms with E-state index in [4.69, 9.17) is 4.74 Å². The molecule has 136 valence electrons. The van der Waals surface area contributed by atoms with Gasteiger partial charge in [-0.05, 0) is 36.3 Å². The molecule has 1 aromatic carbocycles. The van der Waals surface area contributed by atoms with Crippen molar-refractivity contribution in [3.05, 3.63) is 23.8 Å². The van der Waals surface area contributed by atoms with E-state index in [1.165, 1.54) is 6.42 Å². The Hall–Kier alpha value is -1.18. The molecular formula is C18H30IN3O2. The lowest BCUT2D eigenvalue weighted by Crippen LogP contribution is -2.48. The fraction of sp³-hybridized carbons (Fsp3) is 0.611. The first-order valence-electron chi connectivity index (χ1n) is 8.35. The van der Waals surface area contributed by atoms with Crippen LogP contribution in [0.3, 0.4) is 0 Å². The Labute approximate surface area is 162 Å². The zero-order valence-corrected chi connectivity index (χ0v) is 17.4. The number of methoxy groups -OCH3 is 1. The summed E-state index contributed by atoms with van der Waals surface area (Å²) in [6, 6.07) is 5.43. The average molecular weight is 447 g/mol. The van der Waals surface area contributed by atoms with Crippen molar-refractivity contribution in [2.45, 2.75) is 26.7 Å². The highest BCUT2D eigenvalue weighted by atomic mass is 127.